The molecule has 0 aliphatic rings. The van der Waals surface area contributed by atoms with Gasteiger partial charge in [-0.3, -0.25) is 4.57 Å². The summed E-state index contributed by atoms with van der Waals surface area (Å²) >= 11 is 5.84. The van der Waals surface area contributed by atoms with E-state index in [1.807, 2.05) is 6.92 Å². The topological polar surface area (TPSA) is 30.7 Å². The molecular weight excluding hydrogens is 248 g/mol. The molecule has 0 atom stereocenters. The van der Waals surface area contributed by atoms with E-state index >= 15 is 0 Å². The summed E-state index contributed by atoms with van der Waals surface area (Å²) in [6.07, 6.45) is 0.622. The molecule has 0 spiro atoms. The Labute approximate surface area is 102 Å². The minimum Gasteiger partial charge on any atom is -0.297 e. The molecule has 0 amide bonds. The fourth-order valence-electron chi connectivity index (χ4n) is 1.57. The zero-order valence-electron chi connectivity index (χ0n) is 9.12. The Bertz CT molecular complexity index is 540. The van der Waals surface area contributed by atoms with Crippen molar-refractivity contribution in [2.75, 3.05) is 0 Å². The van der Waals surface area contributed by atoms with Crippen molar-refractivity contribution in [2.45, 2.75) is 19.9 Å². The molecule has 0 aliphatic heterocycles. The number of hydrogen-bond donors (Lipinski definition) is 0. The van der Waals surface area contributed by atoms with Gasteiger partial charge in [-0.2, -0.15) is 0 Å². The van der Waals surface area contributed by atoms with Crippen molar-refractivity contribution in [1.82, 2.24) is 14.8 Å². The lowest BCUT2D eigenvalue weighted by atomic mass is 10.2. The van der Waals surface area contributed by atoms with Crippen LogP contribution >= 0.6 is 11.6 Å². The maximum absolute atomic E-state index is 13.5. The molecule has 2 aromatic rings. The Balaban J connectivity index is 2.37. The molecule has 6 heteroatoms. The smallest absolute Gasteiger partial charge is 0.225 e. The molecule has 0 saturated carbocycles. The van der Waals surface area contributed by atoms with Gasteiger partial charge in [-0.25, -0.2) is 8.78 Å². The average molecular weight is 258 g/mol. The lowest BCUT2D eigenvalue weighted by Gasteiger charge is -2.07. The first kappa shape index (κ1) is 12.0. The van der Waals surface area contributed by atoms with Gasteiger partial charge in [0.1, 0.15) is 17.5 Å². The Morgan fingerprint density at radius 3 is 2.76 bits per heavy atom. The number of hydrogen-bond acceptors (Lipinski definition) is 2. The fourth-order valence-corrected chi connectivity index (χ4v) is 1.76. The van der Waals surface area contributed by atoms with Gasteiger partial charge in [-0.15, -0.1) is 10.2 Å². The molecule has 1 aromatic heterocycles. The van der Waals surface area contributed by atoms with Crippen molar-refractivity contribution in [3.63, 3.8) is 0 Å². The quantitative estimate of drug-likeness (QED) is 0.847. The van der Waals surface area contributed by atoms with Crippen LogP contribution in [0, 0.1) is 11.6 Å². The monoisotopic (exact) mass is 257 g/mol. The fraction of sp³-hybridized carbons (Fsp3) is 0.273. The summed E-state index contributed by atoms with van der Waals surface area (Å²) < 4.78 is 28.0. The summed E-state index contributed by atoms with van der Waals surface area (Å²) in [6, 6.07) is 3.31. The van der Waals surface area contributed by atoms with Gasteiger partial charge in [0.15, 0.2) is 0 Å². The van der Waals surface area contributed by atoms with E-state index < -0.39 is 11.6 Å². The Morgan fingerprint density at radius 1 is 1.29 bits per heavy atom. The second-order valence-corrected chi connectivity index (χ2v) is 3.90. The van der Waals surface area contributed by atoms with E-state index in [0.717, 1.165) is 18.2 Å². The summed E-state index contributed by atoms with van der Waals surface area (Å²) in [5, 5.41) is 7.72. The van der Waals surface area contributed by atoms with E-state index in [1.165, 1.54) is 0 Å². The van der Waals surface area contributed by atoms with Crippen LogP contribution in [0.2, 0.25) is 5.28 Å². The molecule has 1 aromatic carbocycles. The van der Waals surface area contributed by atoms with Crippen LogP contribution in [0.1, 0.15) is 18.3 Å². The number of benzene rings is 1. The van der Waals surface area contributed by atoms with E-state index in [2.05, 4.69) is 10.2 Å². The van der Waals surface area contributed by atoms with Gasteiger partial charge < -0.3 is 0 Å². The second-order valence-electron chi connectivity index (χ2n) is 3.56. The third kappa shape index (κ3) is 2.44. The molecular formula is C11H10ClF2N3. The highest BCUT2D eigenvalue weighted by molar-refractivity contribution is 6.28. The second kappa shape index (κ2) is 4.79. The van der Waals surface area contributed by atoms with Crippen molar-refractivity contribution in [3.8, 4) is 0 Å². The number of aromatic nitrogens is 3. The molecule has 2 rings (SSSR count). The first-order chi connectivity index (χ1) is 8.11. The minimum absolute atomic E-state index is 0.124. The van der Waals surface area contributed by atoms with Crippen LogP contribution in [0.3, 0.4) is 0 Å². The third-order valence-corrected chi connectivity index (χ3v) is 2.71. The standard InChI is InChI=1S/C11H10ClF2N3/c1-2-10-15-16-11(12)17(10)6-7-5-8(13)3-4-9(7)14/h3-5H,2,6H2,1H3. The van der Waals surface area contributed by atoms with Gasteiger partial charge in [0.25, 0.3) is 0 Å². The van der Waals surface area contributed by atoms with Gasteiger partial charge in [0, 0.05) is 12.0 Å². The summed E-state index contributed by atoms with van der Waals surface area (Å²) in [7, 11) is 0. The average Bonchev–Trinajstić information content (AvgIpc) is 2.65. The van der Waals surface area contributed by atoms with Crippen LogP contribution < -0.4 is 0 Å². The zero-order chi connectivity index (χ0) is 12.4. The molecule has 0 aliphatic carbocycles. The maximum atomic E-state index is 13.5. The van der Waals surface area contributed by atoms with Gasteiger partial charge in [-0.1, -0.05) is 6.92 Å². The molecule has 0 unspecified atom stereocenters. The Morgan fingerprint density at radius 2 is 2.06 bits per heavy atom. The predicted octanol–water partition coefficient (Wildman–Crippen LogP) is 2.82. The summed E-state index contributed by atoms with van der Waals surface area (Å²) in [6.45, 7) is 2.01. The molecule has 0 bridgehead atoms. The van der Waals surface area contributed by atoms with Crippen LogP contribution in [0.15, 0.2) is 18.2 Å². The van der Waals surface area contributed by atoms with Crippen LogP contribution in [-0.4, -0.2) is 14.8 Å². The number of rotatable bonds is 3. The van der Waals surface area contributed by atoms with Crippen LogP contribution in [0.5, 0.6) is 0 Å². The molecule has 1 heterocycles. The molecule has 0 fully saturated rings. The van der Waals surface area contributed by atoms with Crippen molar-refractivity contribution < 1.29 is 8.78 Å². The van der Waals surface area contributed by atoms with Crippen molar-refractivity contribution in [2.24, 2.45) is 0 Å². The van der Waals surface area contributed by atoms with E-state index in [0.29, 0.717) is 12.2 Å². The number of nitrogens with zero attached hydrogens (tertiary/aromatic N) is 3. The maximum Gasteiger partial charge on any atom is 0.225 e. The largest absolute Gasteiger partial charge is 0.297 e. The first-order valence-electron chi connectivity index (χ1n) is 5.13. The molecule has 0 radical (unpaired) electrons. The van der Waals surface area contributed by atoms with Gasteiger partial charge in [0.2, 0.25) is 5.28 Å². The van der Waals surface area contributed by atoms with Crippen molar-refractivity contribution in [1.29, 1.82) is 0 Å². The number of halogens is 3. The van der Waals surface area contributed by atoms with Crippen LogP contribution in [0.4, 0.5) is 8.78 Å². The Hall–Kier alpha value is -1.49. The van der Waals surface area contributed by atoms with E-state index in [4.69, 9.17) is 11.6 Å². The van der Waals surface area contributed by atoms with E-state index in [-0.39, 0.29) is 17.4 Å². The summed E-state index contributed by atoms with van der Waals surface area (Å²) in [4.78, 5) is 0. The van der Waals surface area contributed by atoms with Crippen LogP contribution in [-0.2, 0) is 13.0 Å². The molecule has 90 valence electrons. The van der Waals surface area contributed by atoms with Gasteiger partial charge >= 0.3 is 0 Å². The molecule has 0 N–H and O–H groups in total. The van der Waals surface area contributed by atoms with E-state index in [9.17, 15) is 8.78 Å². The molecule has 3 nitrogen and oxygen atoms in total. The first-order valence-corrected chi connectivity index (χ1v) is 5.51. The Kier molecular flexibility index (Phi) is 3.38. The van der Waals surface area contributed by atoms with Gasteiger partial charge in [0.05, 0.1) is 6.54 Å². The third-order valence-electron chi connectivity index (χ3n) is 2.43. The van der Waals surface area contributed by atoms with Gasteiger partial charge in [-0.05, 0) is 29.8 Å². The van der Waals surface area contributed by atoms with Crippen molar-refractivity contribution in [3.05, 3.63) is 46.5 Å². The van der Waals surface area contributed by atoms with Crippen LogP contribution in [0.25, 0.3) is 0 Å². The highest BCUT2D eigenvalue weighted by Crippen LogP contribution is 2.16. The molecule has 17 heavy (non-hydrogen) atoms. The number of aryl methyl sites for hydroxylation is 1. The highest BCUT2D eigenvalue weighted by Gasteiger charge is 2.11. The highest BCUT2D eigenvalue weighted by atomic mass is 35.5. The summed E-state index contributed by atoms with van der Waals surface area (Å²) in [5.41, 5.74) is 0.224. The summed E-state index contributed by atoms with van der Waals surface area (Å²) in [5.74, 6) is -0.319. The SMILES string of the molecule is CCc1nnc(Cl)n1Cc1cc(F)ccc1F. The minimum atomic E-state index is -0.483. The van der Waals surface area contributed by atoms with Crippen molar-refractivity contribution >= 4 is 11.6 Å². The lowest BCUT2D eigenvalue weighted by Crippen LogP contribution is -2.06. The van der Waals surface area contributed by atoms with E-state index in [1.54, 1.807) is 4.57 Å². The molecule has 0 saturated heterocycles. The predicted molar refractivity (Wildman–Crippen MR) is 59.9 cm³/mol. The lowest BCUT2D eigenvalue weighted by molar-refractivity contribution is 0.573. The zero-order valence-corrected chi connectivity index (χ0v) is 9.88. The normalized spacial score (nSPS) is 10.8.